The molecule has 2 aromatic heterocycles. The summed E-state index contributed by atoms with van der Waals surface area (Å²) in [5.41, 5.74) is 10.0. The molecule has 2 rings (SSSR count). The van der Waals surface area contributed by atoms with Gasteiger partial charge in [-0.3, -0.25) is 4.98 Å². The third kappa shape index (κ3) is 4.01. The number of hydrogen-bond donors (Lipinski definition) is 2. The summed E-state index contributed by atoms with van der Waals surface area (Å²) in [6, 6.07) is 5.62. The van der Waals surface area contributed by atoms with Gasteiger partial charge >= 0.3 is 6.18 Å². The second-order valence-electron chi connectivity index (χ2n) is 4.15. The predicted octanol–water partition coefficient (Wildman–Crippen LogP) is 2.09. The minimum absolute atomic E-state index is 0.0814. The highest BCUT2D eigenvalue weighted by atomic mass is 19.4. The zero-order valence-corrected chi connectivity index (χ0v) is 11.1. The van der Waals surface area contributed by atoms with E-state index in [1.807, 2.05) is 0 Å². The Morgan fingerprint density at radius 1 is 1.18 bits per heavy atom. The number of hydrogen-bond acceptors (Lipinski definition) is 6. The zero-order chi connectivity index (χ0) is 16.2. The average molecular weight is 308 g/mol. The summed E-state index contributed by atoms with van der Waals surface area (Å²) in [6.45, 7) is 0. The average Bonchev–Trinajstić information content (AvgIpc) is 2.48. The maximum atomic E-state index is 13.0. The summed E-state index contributed by atoms with van der Waals surface area (Å²) in [4.78, 5) is 7.21. The molecule has 114 valence electrons. The molecule has 0 amide bonds. The molecule has 0 spiro atoms. The standard InChI is InChI=1S/C13H11F3N6/c14-13(15,16)10(20-12-4-3-11(18)21-22-12)6-9(17)8-2-1-5-19-7-8/h1-7H,17H2,(H2,18,21). The van der Waals surface area contributed by atoms with Gasteiger partial charge in [-0.05, 0) is 30.3 Å². The van der Waals surface area contributed by atoms with Crippen molar-refractivity contribution in [2.24, 2.45) is 10.7 Å². The van der Waals surface area contributed by atoms with Gasteiger partial charge in [0.05, 0.1) is 0 Å². The molecule has 0 saturated carbocycles. The third-order valence-corrected chi connectivity index (χ3v) is 2.48. The number of halogens is 3. The van der Waals surface area contributed by atoms with E-state index in [0.717, 1.165) is 6.08 Å². The lowest BCUT2D eigenvalue weighted by molar-refractivity contribution is -0.0576. The van der Waals surface area contributed by atoms with Crippen molar-refractivity contribution in [2.45, 2.75) is 6.18 Å². The van der Waals surface area contributed by atoms with Gasteiger partial charge in [-0.25, -0.2) is 4.99 Å². The molecule has 2 aromatic rings. The molecule has 0 aliphatic heterocycles. The van der Waals surface area contributed by atoms with Gasteiger partial charge in [-0.1, -0.05) is 0 Å². The quantitative estimate of drug-likeness (QED) is 0.845. The van der Waals surface area contributed by atoms with Crippen molar-refractivity contribution in [3.8, 4) is 0 Å². The predicted molar refractivity (Wildman–Crippen MR) is 76.0 cm³/mol. The number of rotatable bonds is 3. The summed E-state index contributed by atoms with van der Waals surface area (Å²) >= 11 is 0. The van der Waals surface area contributed by atoms with E-state index in [4.69, 9.17) is 11.5 Å². The number of allylic oxidation sites excluding steroid dienone is 1. The number of nitrogen functional groups attached to an aromatic ring is 1. The van der Waals surface area contributed by atoms with Crippen LogP contribution in [0.1, 0.15) is 5.56 Å². The Bertz CT molecular complexity index is 692. The lowest BCUT2D eigenvalue weighted by Crippen LogP contribution is -2.22. The second-order valence-corrected chi connectivity index (χ2v) is 4.15. The van der Waals surface area contributed by atoms with Gasteiger partial charge in [0, 0.05) is 23.7 Å². The van der Waals surface area contributed by atoms with Crippen LogP contribution in [-0.4, -0.2) is 27.1 Å². The van der Waals surface area contributed by atoms with E-state index in [-0.39, 0.29) is 17.3 Å². The van der Waals surface area contributed by atoms with Crippen molar-refractivity contribution < 1.29 is 13.2 Å². The first-order valence-electron chi connectivity index (χ1n) is 5.99. The number of pyridine rings is 1. The van der Waals surface area contributed by atoms with E-state index in [2.05, 4.69) is 20.2 Å². The molecule has 0 bridgehead atoms. The van der Waals surface area contributed by atoms with Crippen LogP contribution < -0.4 is 11.5 Å². The number of anilines is 1. The topological polar surface area (TPSA) is 103 Å². The van der Waals surface area contributed by atoms with Crippen molar-refractivity contribution in [2.75, 3.05) is 5.73 Å². The molecule has 9 heteroatoms. The fourth-order valence-electron chi connectivity index (χ4n) is 1.46. The van der Waals surface area contributed by atoms with Gasteiger partial charge in [0.2, 0.25) is 0 Å². The maximum absolute atomic E-state index is 13.0. The zero-order valence-electron chi connectivity index (χ0n) is 11.1. The van der Waals surface area contributed by atoms with Gasteiger partial charge in [-0.2, -0.15) is 13.2 Å². The smallest absolute Gasteiger partial charge is 0.398 e. The van der Waals surface area contributed by atoms with E-state index in [1.54, 1.807) is 6.07 Å². The molecule has 0 fully saturated rings. The largest absolute Gasteiger partial charge is 0.433 e. The van der Waals surface area contributed by atoms with Crippen LogP contribution in [0.25, 0.3) is 5.70 Å². The first-order valence-corrected chi connectivity index (χ1v) is 5.99. The van der Waals surface area contributed by atoms with Crippen molar-refractivity contribution in [3.05, 3.63) is 48.3 Å². The molecule has 4 N–H and O–H groups in total. The Morgan fingerprint density at radius 3 is 2.50 bits per heavy atom. The van der Waals surface area contributed by atoms with E-state index in [0.29, 0.717) is 5.56 Å². The summed E-state index contributed by atoms with van der Waals surface area (Å²) in [6.07, 6.45) is -1.15. The normalized spacial score (nSPS) is 13.2. The fourth-order valence-corrected chi connectivity index (χ4v) is 1.46. The Labute approximate surface area is 123 Å². The van der Waals surface area contributed by atoms with Gasteiger partial charge in [-0.15, -0.1) is 10.2 Å². The van der Waals surface area contributed by atoms with Crippen molar-refractivity contribution in [3.63, 3.8) is 0 Å². The van der Waals surface area contributed by atoms with Crippen LogP contribution in [0.4, 0.5) is 24.8 Å². The highest BCUT2D eigenvalue weighted by Crippen LogP contribution is 2.23. The summed E-state index contributed by atoms with van der Waals surface area (Å²) in [5, 5.41) is 6.91. The van der Waals surface area contributed by atoms with E-state index in [1.165, 1.54) is 30.6 Å². The number of nitrogens with two attached hydrogens (primary N) is 2. The van der Waals surface area contributed by atoms with Crippen LogP contribution in [0.5, 0.6) is 0 Å². The Morgan fingerprint density at radius 2 is 1.95 bits per heavy atom. The van der Waals surface area contributed by atoms with Gasteiger partial charge < -0.3 is 11.5 Å². The maximum Gasteiger partial charge on any atom is 0.433 e. The SMILES string of the molecule is NC(=CC(=Nc1ccc(N)nn1)C(F)(F)F)c1cccnc1. The molecule has 0 aliphatic carbocycles. The molecule has 0 atom stereocenters. The molecule has 0 aliphatic rings. The number of aromatic nitrogens is 3. The Kier molecular flexibility index (Phi) is 4.35. The van der Waals surface area contributed by atoms with Crippen LogP contribution in [0.15, 0.2) is 47.7 Å². The molecule has 0 saturated heterocycles. The third-order valence-electron chi connectivity index (χ3n) is 2.48. The van der Waals surface area contributed by atoms with Gasteiger partial charge in [0.1, 0.15) is 11.5 Å². The van der Waals surface area contributed by atoms with Crippen molar-refractivity contribution >= 4 is 23.0 Å². The van der Waals surface area contributed by atoms with Crippen LogP contribution >= 0.6 is 0 Å². The first kappa shape index (κ1) is 15.4. The summed E-state index contributed by atoms with van der Waals surface area (Å²) < 4.78 is 39.1. The van der Waals surface area contributed by atoms with Crippen LogP contribution in [0.3, 0.4) is 0 Å². The molecule has 0 unspecified atom stereocenters. The molecule has 0 radical (unpaired) electrons. The van der Waals surface area contributed by atoms with Crippen molar-refractivity contribution in [1.29, 1.82) is 0 Å². The summed E-state index contributed by atoms with van der Waals surface area (Å²) in [5.74, 6) is -0.144. The fraction of sp³-hybridized carbons (Fsp3) is 0.0769. The van der Waals surface area contributed by atoms with Crippen LogP contribution in [0.2, 0.25) is 0 Å². The lowest BCUT2D eigenvalue weighted by atomic mass is 10.2. The number of alkyl halides is 3. The van der Waals surface area contributed by atoms with Crippen molar-refractivity contribution in [1.82, 2.24) is 15.2 Å². The number of aliphatic imine (C=N–C) groups is 1. The summed E-state index contributed by atoms with van der Waals surface area (Å²) in [7, 11) is 0. The minimum Gasteiger partial charge on any atom is -0.398 e. The molecule has 22 heavy (non-hydrogen) atoms. The molecule has 6 nitrogen and oxygen atoms in total. The van der Waals surface area contributed by atoms with Crippen LogP contribution in [-0.2, 0) is 0 Å². The first-order chi connectivity index (χ1) is 10.4. The Hall–Kier alpha value is -2.97. The molecular formula is C13H11F3N6. The van der Waals surface area contributed by atoms with Gasteiger partial charge in [0.15, 0.2) is 5.82 Å². The van der Waals surface area contributed by atoms with Crippen LogP contribution in [0, 0.1) is 0 Å². The lowest BCUT2D eigenvalue weighted by Gasteiger charge is -2.08. The molecule has 0 aromatic carbocycles. The monoisotopic (exact) mass is 308 g/mol. The number of nitrogens with zero attached hydrogens (tertiary/aromatic N) is 4. The van der Waals surface area contributed by atoms with E-state index in [9.17, 15) is 13.2 Å². The van der Waals surface area contributed by atoms with Gasteiger partial charge in [0.25, 0.3) is 0 Å². The molecular weight excluding hydrogens is 297 g/mol. The highest BCUT2D eigenvalue weighted by Gasteiger charge is 2.34. The second kappa shape index (κ2) is 6.20. The molecule has 2 heterocycles. The van der Waals surface area contributed by atoms with E-state index >= 15 is 0 Å². The van der Waals surface area contributed by atoms with E-state index < -0.39 is 11.9 Å². The minimum atomic E-state index is -4.70. The Balaban J connectivity index is 2.41. The highest BCUT2D eigenvalue weighted by molar-refractivity contribution is 6.05.